The Morgan fingerprint density at radius 3 is 1.52 bits per heavy atom. The molecular formula is C20H15N3O2. The van der Waals surface area contributed by atoms with E-state index in [2.05, 4.69) is 15.3 Å². The zero-order valence-corrected chi connectivity index (χ0v) is 13.2. The molecule has 5 heteroatoms. The molecule has 0 bridgehead atoms. The molecule has 2 atom stereocenters. The van der Waals surface area contributed by atoms with Gasteiger partial charge in [0, 0.05) is 22.4 Å². The Bertz CT molecular complexity index is 982. The van der Waals surface area contributed by atoms with Gasteiger partial charge in [0.15, 0.2) is 0 Å². The quantitative estimate of drug-likeness (QED) is 0.494. The van der Waals surface area contributed by atoms with Gasteiger partial charge in [0.25, 0.3) is 0 Å². The summed E-state index contributed by atoms with van der Waals surface area (Å²) < 4.78 is 0. The maximum Gasteiger partial charge on any atom is 0.236 e. The van der Waals surface area contributed by atoms with Gasteiger partial charge >= 0.3 is 0 Å². The van der Waals surface area contributed by atoms with E-state index in [-0.39, 0.29) is 11.8 Å². The van der Waals surface area contributed by atoms with Crippen LogP contribution in [-0.2, 0) is 9.59 Å². The van der Waals surface area contributed by atoms with Gasteiger partial charge in [0.2, 0.25) is 11.8 Å². The number of aromatic nitrogens is 2. The highest BCUT2D eigenvalue weighted by Gasteiger charge is 2.45. The van der Waals surface area contributed by atoms with Crippen LogP contribution < -0.4 is 5.32 Å². The Morgan fingerprint density at radius 2 is 1.08 bits per heavy atom. The molecular weight excluding hydrogens is 314 g/mol. The fourth-order valence-corrected chi connectivity index (χ4v) is 3.75. The summed E-state index contributed by atoms with van der Waals surface area (Å²) in [7, 11) is 0. The molecule has 3 heterocycles. The van der Waals surface area contributed by atoms with Gasteiger partial charge < -0.3 is 9.97 Å². The third-order valence-electron chi connectivity index (χ3n) is 4.92. The first kappa shape index (κ1) is 14.0. The van der Waals surface area contributed by atoms with Crippen LogP contribution in [0, 0.1) is 0 Å². The molecule has 1 aliphatic rings. The minimum absolute atomic E-state index is 0.264. The topological polar surface area (TPSA) is 77.8 Å². The summed E-state index contributed by atoms with van der Waals surface area (Å²) in [5.74, 6) is -1.65. The Labute approximate surface area is 143 Å². The van der Waals surface area contributed by atoms with Crippen molar-refractivity contribution >= 4 is 33.6 Å². The summed E-state index contributed by atoms with van der Waals surface area (Å²) in [6, 6.07) is 19.6. The number of fused-ring (bicyclic) bond motifs is 2. The van der Waals surface area contributed by atoms with E-state index in [4.69, 9.17) is 0 Å². The second kappa shape index (κ2) is 5.08. The number of hydrogen-bond donors (Lipinski definition) is 3. The Balaban J connectivity index is 1.65. The number of nitrogens with one attached hydrogen (secondary N) is 3. The second-order valence-corrected chi connectivity index (χ2v) is 6.43. The molecule has 2 aromatic carbocycles. The summed E-state index contributed by atoms with van der Waals surface area (Å²) >= 11 is 0. The SMILES string of the molecule is O=C1NC(=O)C(c2cc3ccccc3[nH]2)C1c1cc2ccccc2[nH]1. The van der Waals surface area contributed by atoms with Crippen molar-refractivity contribution < 1.29 is 9.59 Å². The first-order valence-corrected chi connectivity index (χ1v) is 8.21. The van der Waals surface area contributed by atoms with Gasteiger partial charge in [0.1, 0.15) is 0 Å². The van der Waals surface area contributed by atoms with Crippen molar-refractivity contribution in [1.29, 1.82) is 0 Å². The summed E-state index contributed by atoms with van der Waals surface area (Å²) in [6.45, 7) is 0. The number of carbonyl (C=O) groups excluding carboxylic acids is 2. The Morgan fingerprint density at radius 1 is 0.640 bits per heavy atom. The van der Waals surface area contributed by atoms with Crippen molar-refractivity contribution in [3.63, 3.8) is 0 Å². The van der Waals surface area contributed by atoms with Crippen LogP contribution in [0.1, 0.15) is 23.2 Å². The van der Waals surface area contributed by atoms with E-state index in [1.54, 1.807) is 0 Å². The van der Waals surface area contributed by atoms with E-state index in [1.165, 1.54) is 0 Å². The standard InChI is InChI=1S/C20H15N3O2/c24-19-17(15-9-11-5-1-3-7-13(11)21-15)18(20(25)23-19)16-10-12-6-2-4-8-14(12)22-16/h1-10,17-18,21-22H,(H,23,24,25). The lowest BCUT2D eigenvalue weighted by molar-refractivity contribution is -0.125. The van der Waals surface area contributed by atoms with E-state index in [9.17, 15) is 9.59 Å². The molecule has 1 aliphatic heterocycles. The van der Waals surface area contributed by atoms with Gasteiger partial charge in [-0.25, -0.2) is 0 Å². The molecule has 5 nitrogen and oxygen atoms in total. The molecule has 122 valence electrons. The van der Waals surface area contributed by atoms with Crippen LogP contribution >= 0.6 is 0 Å². The van der Waals surface area contributed by atoms with Gasteiger partial charge in [-0.15, -0.1) is 0 Å². The number of carbonyl (C=O) groups is 2. The molecule has 0 radical (unpaired) electrons. The predicted octanol–water partition coefficient (Wildman–Crippen LogP) is 3.17. The summed E-state index contributed by atoms with van der Waals surface area (Å²) in [5, 5.41) is 4.54. The fraction of sp³-hybridized carbons (Fsp3) is 0.100. The number of aromatic amines is 2. The molecule has 0 spiro atoms. The predicted molar refractivity (Wildman–Crippen MR) is 95.2 cm³/mol. The molecule has 2 amide bonds. The lowest BCUT2D eigenvalue weighted by atomic mass is 9.89. The number of para-hydroxylation sites is 2. The van der Waals surface area contributed by atoms with Gasteiger partial charge in [-0.3, -0.25) is 14.9 Å². The number of rotatable bonds is 2. The average molecular weight is 329 g/mol. The molecule has 1 saturated heterocycles. The number of H-pyrrole nitrogens is 2. The first-order valence-electron chi connectivity index (χ1n) is 8.21. The summed E-state index contributed by atoms with van der Waals surface area (Å²) in [4.78, 5) is 31.6. The van der Waals surface area contributed by atoms with Crippen molar-refractivity contribution in [3.8, 4) is 0 Å². The van der Waals surface area contributed by atoms with Crippen molar-refractivity contribution in [3.05, 3.63) is 72.1 Å². The maximum atomic E-state index is 12.5. The molecule has 5 rings (SSSR count). The number of imide groups is 1. The van der Waals surface area contributed by atoms with Crippen molar-refractivity contribution in [2.24, 2.45) is 0 Å². The Kier molecular flexibility index (Phi) is 2.85. The molecule has 25 heavy (non-hydrogen) atoms. The smallest absolute Gasteiger partial charge is 0.236 e. The Hall–Kier alpha value is -3.34. The summed E-state index contributed by atoms with van der Waals surface area (Å²) in [6.07, 6.45) is 0. The third-order valence-corrected chi connectivity index (χ3v) is 4.92. The van der Waals surface area contributed by atoms with E-state index in [0.29, 0.717) is 0 Å². The molecule has 4 aromatic rings. The maximum absolute atomic E-state index is 12.5. The monoisotopic (exact) mass is 329 g/mol. The highest BCUT2D eigenvalue weighted by molar-refractivity contribution is 6.10. The van der Waals surface area contributed by atoms with Crippen LogP contribution in [0.2, 0.25) is 0 Å². The minimum atomic E-state index is -0.562. The highest BCUT2D eigenvalue weighted by atomic mass is 16.2. The molecule has 0 aliphatic carbocycles. The average Bonchev–Trinajstić information content (AvgIpc) is 3.28. The minimum Gasteiger partial charge on any atom is -0.358 e. The fourth-order valence-electron chi connectivity index (χ4n) is 3.75. The van der Waals surface area contributed by atoms with Crippen LogP contribution in [0.3, 0.4) is 0 Å². The molecule has 2 aromatic heterocycles. The van der Waals surface area contributed by atoms with Gasteiger partial charge in [-0.05, 0) is 35.0 Å². The molecule has 3 N–H and O–H groups in total. The van der Waals surface area contributed by atoms with Crippen molar-refractivity contribution in [2.45, 2.75) is 11.8 Å². The second-order valence-electron chi connectivity index (χ2n) is 6.43. The van der Waals surface area contributed by atoms with Crippen LogP contribution in [-0.4, -0.2) is 21.8 Å². The molecule has 1 fully saturated rings. The summed E-state index contributed by atoms with van der Waals surface area (Å²) in [5.41, 5.74) is 3.43. The van der Waals surface area contributed by atoms with E-state index in [1.807, 2.05) is 60.7 Å². The zero-order valence-electron chi connectivity index (χ0n) is 13.2. The highest BCUT2D eigenvalue weighted by Crippen LogP contribution is 2.38. The van der Waals surface area contributed by atoms with Gasteiger partial charge in [-0.1, -0.05) is 36.4 Å². The molecule has 0 saturated carbocycles. The lowest BCUT2D eigenvalue weighted by Gasteiger charge is -2.12. The number of hydrogen-bond acceptors (Lipinski definition) is 2. The van der Waals surface area contributed by atoms with E-state index >= 15 is 0 Å². The number of benzene rings is 2. The number of amides is 2. The van der Waals surface area contributed by atoms with E-state index < -0.39 is 11.8 Å². The normalized spacial score (nSPS) is 20.5. The van der Waals surface area contributed by atoms with Crippen LogP contribution in [0.25, 0.3) is 21.8 Å². The largest absolute Gasteiger partial charge is 0.358 e. The van der Waals surface area contributed by atoms with E-state index in [0.717, 1.165) is 33.2 Å². The lowest BCUT2D eigenvalue weighted by Crippen LogP contribution is -2.21. The van der Waals surface area contributed by atoms with Gasteiger partial charge in [-0.2, -0.15) is 0 Å². The zero-order chi connectivity index (χ0) is 17.0. The third kappa shape index (κ3) is 2.09. The van der Waals surface area contributed by atoms with Crippen LogP contribution in [0.15, 0.2) is 60.7 Å². The van der Waals surface area contributed by atoms with Crippen molar-refractivity contribution in [1.82, 2.24) is 15.3 Å². The van der Waals surface area contributed by atoms with Gasteiger partial charge in [0.05, 0.1) is 11.8 Å². The van der Waals surface area contributed by atoms with Crippen LogP contribution in [0.5, 0.6) is 0 Å². The van der Waals surface area contributed by atoms with Crippen molar-refractivity contribution in [2.75, 3.05) is 0 Å². The molecule has 2 unspecified atom stereocenters. The van der Waals surface area contributed by atoms with Crippen LogP contribution in [0.4, 0.5) is 0 Å². The first-order chi connectivity index (χ1) is 12.2.